The van der Waals surface area contributed by atoms with Crippen molar-refractivity contribution in [1.29, 1.82) is 0 Å². The van der Waals surface area contributed by atoms with Gasteiger partial charge in [-0.25, -0.2) is 9.37 Å². The maximum atomic E-state index is 14.2. The van der Waals surface area contributed by atoms with Gasteiger partial charge in [0.2, 0.25) is 0 Å². The molecule has 5 nitrogen and oxygen atoms in total. The van der Waals surface area contributed by atoms with E-state index in [0.717, 1.165) is 4.47 Å². The molecule has 7 heteroatoms. The Labute approximate surface area is 168 Å². The van der Waals surface area contributed by atoms with E-state index in [0.29, 0.717) is 34.5 Å². The Kier molecular flexibility index (Phi) is 4.92. The van der Waals surface area contributed by atoms with Gasteiger partial charge in [-0.05, 0) is 42.5 Å². The molecule has 0 N–H and O–H groups in total. The molecule has 2 heterocycles. The quantitative estimate of drug-likeness (QED) is 0.439. The van der Waals surface area contributed by atoms with Gasteiger partial charge in [-0.15, -0.1) is 0 Å². The molecule has 4 aromatic rings. The van der Waals surface area contributed by atoms with Gasteiger partial charge in [0.1, 0.15) is 11.6 Å². The molecule has 0 spiro atoms. The number of halogens is 2. The van der Waals surface area contributed by atoms with Crippen LogP contribution in [0.5, 0.6) is 0 Å². The summed E-state index contributed by atoms with van der Waals surface area (Å²) in [5.74, 6) is 0.219. The first kappa shape index (κ1) is 18.3. The molecule has 2 aromatic heterocycles. The average Bonchev–Trinajstić information content (AvgIpc) is 3.16. The molecule has 2 aromatic carbocycles. The van der Waals surface area contributed by atoms with Crippen LogP contribution in [0, 0.1) is 5.82 Å². The van der Waals surface area contributed by atoms with E-state index in [2.05, 4.69) is 26.0 Å². The fourth-order valence-electron chi connectivity index (χ4n) is 3.03. The molecule has 0 fully saturated rings. The number of hydrogen-bond donors (Lipinski definition) is 0. The van der Waals surface area contributed by atoms with Gasteiger partial charge in [0.15, 0.2) is 0 Å². The Morgan fingerprint density at radius 2 is 2.00 bits per heavy atom. The van der Waals surface area contributed by atoms with E-state index in [1.54, 1.807) is 59.4 Å². The Hall–Kier alpha value is -3.06. The summed E-state index contributed by atoms with van der Waals surface area (Å²) in [5.41, 5.74) is 1.45. The van der Waals surface area contributed by atoms with Crippen molar-refractivity contribution in [3.63, 3.8) is 0 Å². The molecular weight excluding hydrogens is 423 g/mol. The highest BCUT2D eigenvalue weighted by Crippen LogP contribution is 2.17. The highest BCUT2D eigenvalue weighted by molar-refractivity contribution is 9.10. The third-order valence-corrected chi connectivity index (χ3v) is 4.88. The molecule has 0 aliphatic carbocycles. The fourth-order valence-corrected chi connectivity index (χ4v) is 3.39. The molecule has 28 heavy (non-hydrogen) atoms. The van der Waals surface area contributed by atoms with Crippen molar-refractivity contribution in [2.75, 3.05) is 0 Å². The second-order valence-electron chi connectivity index (χ2n) is 6.16. The zero-order valence-corrected chi connectivity index (χ0v) is 16.6. The topological polar surface area (TPSA) is 52.2 Å². The van der Waals surface area contributed by atoms with Gasteiger partial charge < -0.3 is 4.57 Å². The second kappa shape index (κ2) is 7.52. The minimum absolute atomic E-state index is 0.247. The summed E-state index contributed by atoms with van der Waals surface area (Å²) in [7, 11) is 0. The van der Waals surface area contributed by atoms with Crippen LogP contribution >= 0.6 is 15.9 Å². The highest BCUT2D eigenvalue weighted by Gasteiger charge is 2.11. The lowest BCUT2D eigenvalue weighted by Crippen LogP contribution is -2.22. The van der Waals surface area contributed by atoms with Crippen molar-refractivity contribution in [3.05, 3.63) is 93.0 Å². The number of nitrogens with zero attached hydrogens (tertiary/aromatic N) is 4. The zero-order chi connectivity index (χ0) is 19.7. The van der Waals surface area contributed by atoms with Crippen LogP contribution in [0.4, 0.5) is 4.39 Å². The Morgan fingerprint density at radius 3 is 2.79 bits per heavy atom. The van der Waals surface area contributed by atoms with Crippen molar-refractivity contribution in [3.8, 4) is 5.69 Å². The summed E-state index contributed by atoms with van der Waals surface area (Å²) in [6.45, 7) is 1.92. The predicted octanol–water partition coefficient (Wildman–Crippen LogP) is 4.53. The van der Waals surface area contributed by atoms with Gasteiger partial charge in [0, 0.05) is 17.1 Å². The third-order valence-electron chi connectivity index (χ3n) is 4.39. The van der Waals surface area contributed by atoms with E-state index in [-0.39, 0.29) is 11.4 Å². The maximum Gasteiger partial charge on any atom is 0.282 e. The number of benzene rings is 2. The van der Waals surface area contributed by atoms with Crippen molar-refractivity contribution in [2.45, 2.75) is 13.3 Å². The van der Waals surface area contributed by atoms with E-state index < -0.39 is 0 Å². The van der Waals surface area contributed by atoms with Crippen LogP contribution in [0.2, 0.25) is 0 Å². The molecule has 0 unspecified atom stereocenters. The molecular formula is C21H16BrFN4O. The van der Waals surface area contributed by atoms with E-state index in [9.17, 15) is 9.18 Å². The van der Waals surface area contributed by atoms with Crippen LogP contribution in [0.25, 0.3) is 16.6 Å². The van der Waals surface area contributed by atoms with Crippen LogP contribution in [-0.4, -0.2) is 20.4 Å². The van der Waals surface area contributed by atoms with Crippen molar-refractivity contribution >= 4 is 33.0 Å². The van der Waals surface area contributed by atoms with E-state index in [1.165, 1.54) is 10.7 Å². The summed E-state index contributed by atoms with van der Waals surface area (Å²) in [5, 5.41) is 4.85. The van der Waals surface area contributed by atoms with Gasteiger partial charge in [-0.2, -0.15) is 9.78 Å². The summed E-state index contributed by atoms with van der Waals surface area (Å²) in [6.07, 6.45) is 3.84. The maximum absolute atomic E-state index is 14.2. The van der Waals surface area contributed by atoms with Crippen LogP contribution in [-0.2, 0) is 6.42 Å². The highest BCUT2D eigenvalue weighted by atomic mass is 79.9. The van der Waals surface area contributed by atoms with E-state index >= 15 is 0 Å². The number of aromatic nitrogens is 3. The van der Waals surface area contributed by atoms with Gasteiger partial charge in [0.05, 0.1) is 28.5 Å². The number of hydrogen-bond acceptors (Lipinski definition) is 3. The fraction of sp³-hybridized carbons (Fsp3) is 0.0952. The lowest BCUT2D eigenvalue weighted by atomic mass is 10.2. The lowest BCUT2D eigenvalue weighted by molar-refractivity contribution is 0.618. The van der Waals surface area contributed by atoms with Gasteiger partial charge in [-0.1, -0.05) is 35.0 Å². The molecule has 4 rings (SSSR count). The Bertz CT molecular complexity index is 1260. The number of fused-ring (bicyclic) bond motifs is 1. The van der Waals surface area contributed by atoms with Gasteiger partial charge >= 0.3 is 0 Å². The largest absolute Gasteiger partial charge is 0.313 e. The molecule has 140 valence electrons. The lowest BCUT2D eigenvalue weighted by Gasteiger charge is -2.09. The van der Waals surface area contributed by atoms with Gasteiger partial charge in [0.25, 0.3) is 5.56 Å². The van der Waals surface area contributed by atoms with Crippen molar-refractivity contribution < 1.29 is 4.39 Å². The standard InChI is InChI=1S/C21H16BrFN4O/c1-2-20-25-18-10-9-14(22)12-16(18)21(28)27(20)24-13-15-6-5-11-26(15)19-8-4-3-7-17(19)23/h3-13H,2H2,1H3. The normalized spacial score (nSPS) is 11.5. The molecule has 0 amide bonds. The molecule has 0 bridgehead atoms. The Morgan fingerprint density at radius 1 is 1.18 bits per heavy atom. The predicted molar refractivity (Wildman–Crippen MR) is 112 cm³/mol. The Balaban J connectivity index is 1.83. The van der Waals surface area contributed by atoms with E-state index in [1.807, 2.05) is 13.0 Å². The summed E-state index contributed by atoms with van der Waals surface area (Å²) < 4.78 is 17.9. The molecule has 0 saturated carbocycles. The second-order valence-corrected chi connectivity index (χ2v) is 7.07. The zero-order valence-electron chi connectivity index (χ0n) is 15.0. The molecule has 0 saturated heterocycles. The van der Waals surface area contributed by atoms with Crippen molar-refractivity contribution in [2.24, 2.45) is 5.10 Å². The van der Waals surface area contributed by atoms with Crippen LogP contribution in [0.3, 0.4) is 0 Å². The number of rotatable bonds is 4. The first-order chi connectivity index (χ1) is 13.6. The molecule has 0 aliphatic rings. The van der Waals surface area contributed by atoms with Crippen molar-refractivity contribution in [1.82, 2.24) is 14.2 Å². The number of aryl methyl sites for hydroxylation is 1. The van der Waals surface area contributed by atoms with E-state index in [4.69, 9.17) is 0 Å². The number of para-hydroxylation sites is 1. The SMILES string of the molecule is CCc1nc2ccc(Br)cc2c(=O)n1N=Cc1cccn1-c1ccccc1F. The average molecular weight is 439 g/mol. The summed E-state index contributed by atoms with van der Waals surface area (Å²) in [6, 6.07) is 15.5. The third kappa shape index (κ3) is 3.29. The minimum Gasteiger partial charge on any atom is -0.313 e. The van der Waals surface area contributed by atoms with Gasteiger partial charge in [-0.3, -0.25) is 4.79 Å². The van der Waals surface area contributed by atoms with Crippen LogP contribution in [0.15, 0.2) is 75.2 Å². The first-order valence-electron chi connectivity index (χ1n) is 8.76. The molecule has 0 radical (unpaired) electrons. The monoisotopic (exact) mass is 438 g/mol. The smallest absolute Gasteiger partial charge is 0.282 e. The van der Waals surface area contributed by atoms with Crippen LogP contribution < -0.4 is 5.56 Å². The molecule has 0 aliphatic heterocycles. The first-order valence-corrected chi connectivity index (χ1v) is 9.55. The summed E-state index contributed by atoms with van der Waals surface area (Å²) in [4.78, 5) is 17.5. The minimum atomic E-state index is -0.336. The van der Waals surface area contributed by atoms with Crippen LogP contribution in [0.1, 0.15) is 18.4 Å². The summed E-state index contributed by atoms with van der Waals surface area (Å²) >= 11 is 3.39. The molecule has 0 atom stereocenters.